The van der Waals surface area contributed by atoms with Gasteiger partial charge in [-0.2, -0.15) is 0 Å². The molecule has 10 nitrogen and oxygen atoms in total. The first kappa shape index (κ1) is 22.9. The fourth-order valence-corrected chi connectivity index (χ4v) is 2.45. The summed E-state index contributed by atoms with van der Waals surface area (Å²) in [5.41, 5.74) is -0.382. The van der Waals surface area contributed by atoms with E-state index in [0.29, 0.717) is 10.6 Å². The van der Waals surface area contributed by atoms with Gasteiger partial charge < -0.3 is 19.6 Å². The molecule has 1 heterocycles. The lowest BCUT2D eigenvalue weighted by Crippen LogP contribution is -2.36. The Morgan fingerprint density at radius 1 is 1.07 bits per heavy atom. The fourth-order valence-electron chi connectivity index (χ4n) is 2.45. The molecule has 1 atom stereocenters. The second-order valence-electron chi connectivity index (χ2n) is 7.45. The normalized spacial score (nSPS) is 14.8. The summed E-state index contributed by atoms with van der Waals surface area (Å²) in [6.07, 6.45) is -2.53. The summed E-state index contributed by atoms with van der Waals surface area (Å²) in [4.78, 5) is 64.6. The minimum Gasteiger partial charge on any atom is -0.445 e. The van der Waals surface area contributed by atoms with Crippen molar-refractivity contribution in [2.75, 3.05) is 6.54 Å². The average Bonchev–Trinajstić information content (AvgIpc) is 2.97. The van der Waals surface area contributed by atoms with Crippen molar-refractivity contribution in [2.24, 2.45) is 0 Å². The molecule has 1 aliphatic heterocycles. The zero-order valence-electron chi connectivity index (χ0n) is 17.0. The number of nitrogens with one attached hydrogen (secondary N) is 1. The summed E-state index contributed by atoms with van der Waals surface area (Å²) < 4.78 is 10.3. The van der Waals surface area contributed by atoms with Crippen LogP contribution in [0.3, 0.4) is 0 Å². The van der Waals surface area contributed by atoms with Gasteiger partial charge in [-0.05, 0) is 20.8 Å². The Morgan fingerprint density at radius 2 is 1.67 bits per heavy atom. The summed E-state index contributed by atoms with van der Waals surface area (Å²) in [5.74, 6) is -3.17. The molecule has 1 saturated heterocycles. The van der Waals surface area contributed by atoms with Crippen LogP contribution in [-0.2, 0) is 33.5 Å². The first-order valence-electron chi connectivity index (χ1n) is 9.35. The predicted octanol–water partition coefficient (Wildman–Crippen LogP) is 1.79. The van der Waals surface area contributed by atoms with Gasteiger partial charge in [-0.3, -0.25) is 14.4 Å². The molecule has 0 saturated carbocycles. The topological polar surface area (TPSA) is 128 Å². The van der Waals surface area contributed by atoms with Gasteiger partial charge in [0.2, 0.25) is 6.10 Å². The number of esters is 1. The van der Waals surface area contributed by atoms with E-state index < -0.39 is 41.6 Å². The van der Waals surface area contributed by atoms with Crippen molar-refractivity contribution in [3.8, 4) is 0 Å². The molecule has 0 aliphatic carbocycles. The van der Waals surface area contributed by atoms with E-state index in [1.807, 2.05) is 0 Å². The molecule has 0 spiro atoms. The maximum absolute atomic E-state index is 12.5. The Morgan fingerprint density at radius 3 is 2.23 bits per heavy atom. The summed E-state index contributed by atoms with van der Waals surface area (Å²) in [6.45, 7) is 5.03. The van der Waals surface area contributed by atoms with Gasteiger partial charge in [-0.25, -0.2) is 9.59 Å². The zero-order chi connectivity index (χ0) is 22.3. The van der Waals surface area contributed by atoms with Crippen LogP contribution in [0.5, 0.6) is 0 Å². The van der Waals surface area contributed by atoms with Gasteiger partial charge in [0.15, 0.2) is 0 Å². The first-order chi connectivity index (χ1) is 14.1. The smallest absolute Gasteiger partial charge is 0.407 e. The highest BCUT2D eigenvalue weighted by Crippen LogP contribution is 2.22. The largest absolute Gasteiger partial charge is 0.445 e. The molecule has 0 unspecified atom stereocenters. The number of imide groups is 1. The summed E-state index contributed by atoms with van der Waals surface area (Å²) in [7, 11) is 0. The highest BCUT2D eigenvalue weighted by Gasteiger charge is 2.36. The number of amides is 3. The number of hydrogen-bond donors (Lipinski definition) is 1. The highest BCUT2D eigenvalue weighted by atomic mass is 16.7. The van der Waals surface area contributed by atoms with Crippen molar-refractivity contribution in [3.05, 3.63) is 35.9 Å². The molecule has 2 rings (SSSR count). The highest BCUT2D eigenvalue weighted by molar-refractivity contribution is 6.01. The third-order valence-electron chi connectivity index (χ3n) is 3.75. The molecular formula is C20H24N2O8. The number of carbonyl (C=O) groups is 5. The zero-order valence-corrected chi connectivity index (χ0v) is 17.0. The van der Waals surface area contributed by atoms with Crippen LogP contribution < -0.4 is 5.32 Å². The van der Waals surface area contributed by atoms with Gasteiger partial charge in [0.05, 0.1) is 6.42 Å². The van der Waals surface area contributed by atoms with Crippen molar-refractivity contribution in [2.45, 2.75) is 51.7 Å². The molecule has 10 heteroatoms. The molecule has 30 heavy (non-hydrogen) atoms. The van der Waals surface area contributed by atoms with Crippen LogP contribution in [0.15, 0.2) is 30.3 Å². The van der Waals surface area contributed by atoms with Crippen molar-refractivity contribution in [1.29, 1.82) is 0 Å². The maximum atomic E-state index is 12.5. The molecule has 0 bridgehead atoms. The van der Waals surface area contributed by atoms with E-state index in [2.05, 4.69) is 5.32 Å². The fraction of sp³-hybridized carbons (Fsp3) is 0.450. The van der Waals surface area contributed by atoms with Gasteiger partial charge in [0.25, 0.3) is 11.8 Å². The van der Waals surface area contributed by atoms with Gasteiger partial charge in [0.1, 0.15) is 5.60 Å². The van der Waals surface area contributed by atoms with Crippen LogP contribution in [0.4, 0.5) is 4.79 Å². The standard InChI is InChI=1S/C20H24N2O8/c1-20(2,3)29-19(27)21-12-11-16(25)28-17(13-7-5-4-6-8-13)18(26)30-22-14(23)9-10-15(22)24/h4-8,17H,9-12H2,1-3H3,(H,21,27)/t17-/m1/s1. The average molecular weight is 420 g/mol. The number of hydrogen-bond acceptors (Lipinski definition) is 8. The van der Waals surface area contributed by atoms with Crippen LogP contribution in [-0.4, -0.2) is 47.1 Å². The molecule has 1 aromatic rings. The minimum atomic E-state index is -1.48. The number of ether oxygens (including phenoxy) is 2. The van der Waals surface area contributed by atoms with Crippen LogP contribution in [0.2, 0.25) is 0 Å². The lowest BCUT2D eigenvalue weighted by molar-refractivity contribution is -0.206. The molecule has 162 valence electrons. The van der Waals surface area contributed by atoms with Gasteiger partial charge >= 0.3 is 18.0 Å². The molecule has 3 amide bonds. The second kappa shape index (κ2) is 9.86. The van der Waals surface area contributed by atoms with E-state index in [1.54, 1.807) is 39.0 Å². The van der Waals surface area contributed by atoms with E-state index in [4.69, 9.17) is 14.3 Å². The lowest BCUT2D eigenvalue weighted by Gasteiger charge is -2.20. The molecular weight excluding hydrogens is 396 g/mol. The predicted molar refractivity (Wildman–Crippen MR) is 101 cm³/mol. The van der Waals surface area contributed by atoms with Crippen LogP contribution in [0.25, 0.3) is 0 Å². The second-order valence-corrected chi connectivity index (χ2v) is 7.45. The van der Waals surface area contributed by atoms with Crippen molar-refractivity contribution < 1.29 is 38.3 Å². The Labute approximate surface area is 173 Å². The number of alkyl carbamates (subject to hydrolysis) is 1. The molecule has 1 aliphatic rings. The van der Waals surface area contributed by atoms with Crippen molar-refractivity contribution in [1.82, 2.24) is 10.4 Å². The van der Waals surface area contributed by atoms with Crippen molar-refractivity contribution in [3.63, 3.8) is 0 Å². The summed E-state index contributed by atoms with van der Waals surface area (Å²) in [6, 6.07) is 8.02. The number of carbonyl (C=O) groups excluding carboxylic acids is 5. The number of hydroxylamine groups is 2. The Hall–Kier alpha value is -3.43. The summed E-state index contributed by atoms with van der Waals surface area (Å²) in [5, 5.41) is 2.79. The maximum Gasteiger partial charge on any atom is 0.407 e. The summed E-state index contributed by atoms with van der Waals surface area (Å²) >= 11 is 0. The monoisotopic (exact) mass is 420 g/mol. The van der Waals surface area contributed by atoms with E-state index in [0.717, 1.165) is 0 Å². The van der Waals surface area contributed by atoms with Crippen molar-refractivity contribution >= 4 is 29.8 Å². The molecule has 0 aromatic heterocycles. The number of benzene rings is 1. The Bertz CT molecular complexity index is 800. The van der Waals surface area contributed by atoms with Crippen LogP contribution in [0, 0.1) is 0 Å². The van der Waals surface area contributed by atoms with E-state index in [-0.39, 0.29) is 25.8 Å². The SMILES string of the molecule is CC(C)(C)OC(=O)NCCC(=O)O[C@@H](C(=O)ON1C(=O)CCC1=O)c1ccccc1. The van der Waals surface area contributed by atoms with E-state index in [1.165, 1.54) is 12.1 Å². The van der Waals surface area contributed by atoms with Gasteiger partial charge in [0, 0.05) is 24.9 Å². The number of rotatable bonds is 7. The first-order valence-corrected chi connectivity index (χ1v) is 9.35. The molecule has 1 N–H and O–H groups in total. The Kier molecular flexibility index (Phi) is 7.51. The van der Waals surface area contributed by atoms with Gasteiger partial charge in [-0.1, -0.05) is 30.3 Å². The third kappa shape index (κ3) is 6.87. The Balaban J connectivity index is 1.97. The third-order valence-corrected chi connectivity index (χ3v) is 3.75. The van der Waals surface area contributed by atoms with Gasteiger partial charge in [-0.15, -0.1) is 5.06 Å². The molecule has 0 radical (unpaired) electrons. The van der Waals surface area contributed by atoms with E-state index >= 15 is 0 Å². The molecule has 1 fully saturated rings. The van der Waals surface area contributed by atoms with Crippen LogP contribution in [0.1, 0.15) is 51.7 Å². The quantitative estimate of drug-likeness (QED) is 0.522. The minimum absolute atomic E-state index is 0.0573. The number of nitrogens with zero attached hydrogens (tertiary/aromatic N) is 1. The molecule has 1 aromatic carbocycles. The lowest BCUT2D eigenvalue weighted by atomic mass is 10.1. The van der Waals surface area contributed by atoms with E-state index in [9.17, 15) is 24.0 Å². The van der Waals surface area contributed by atoms with Crippen LogP contribution >= 0.6 is 0 Å².